The average molecular weight is 512 g/mol. The Hall–Kier alpha value is -4.83. The minimum Gasteiger partial charge on any atom is -0.505 e. The molecule has 0 fully saturated rings. The standard InChI is InChI=1S/C27H21N3O6Si/c1-18-17-24-25(27(31)34-18)19(2)28-29-26(20-13-15-21(16-14-20)30(32)33)36-37(35-24,22-9-5-3-6-10-22)23-11-7-4-8-12-23/h3-17H,1-2H3/b28-19-,29-26-. The Morgan fingerprint density at radius 1 is 0.811 bits per heavy atom. The third-order valence-corrected chi connectivity index (χ3v) is 8.99. The van der Waals surface area contributed by atoms with E-state index in [2.05, 4.69) is 10.2 Å². The first kappa shape index (κ1) is 23.9. The summed E-state index contributed by atoms with van der Waals surface area (Å²) in [4.78, 5) is 23.7. The lowest BCUT2D eigenvalue weighted by Crippen LogP contribution is -2.66. The highest BCUT2D eigenvalue weighted by Crippen LogP contribution is 2.26. The molecule has 0 aliphatic carbocycles. The predicted molar refractivity (Wildman–Crippen MR) is 141 cm³/mol. The first-order chi connectivity index (χ1) is 17.9. The quantitative estimate of drug-likeness (QED) is 0.234. The molecule has 0 atom stereocenters. The van der Waals surface area contributed by atoms with Crippen molar-refractivity contribution in [3.05, 3.63) is 128 Å². The van der Waals surface area contributed by atoms with Crippen molar-refractivity contribution in [3.63, 3.8) is 0 Å². The molecule has 184 valence electrons. The minimum atomic E-state index is -3.68. The Labute approximate surface area is 212 Å². The van der Waals surface area contributed by atoms with Crippen molar-refractivity contribution in [3.8, 4) is 5.75 Å². The summed E-state index contributed by atoms with van der Waals surface area (Å²) < 4.78 is 18.9. The van der Waals surface area contributed by atoms with Crippen LogP contribution in [0.5, 0.6) is 5.75 Å². The fourth-order valence-electron chi connectivity index (χ4n) is 4.05. The highest BCUT2D eigenvalue weighted by Gasteiger charge is 2.49. The van der Waals surface area contributed by atoms with E-state index in [0.717, 1.165) is 10.4 Å². The first-order valence-electron chi connectivity index (χ1n) is 11.4. The fourth-order valence-corrected chi connectivity index (χ4v) is 7.06. The largest absolute Gasteiger partial charge is 0.532 e. The van der Waals surface area contributed by atoms with Crippen molar-refractivity contribution in [2.45, 2.75) is 13.8 Å². The van der Waals surface area contributed by atoms with Crippen LogP contribution in [0.15, 0.2) is 110 Å². The van der Waals surface area contributed by atoms with Gasteiger partial charge in [-0.15, -0.1) is 5.10 Å². The Kier molecular flexibility index (Phi) is 6.24. The van der Waals surface area contributed by atoms with E-state index in [9.17, 15) is 14.9 Å². The maximum Gasteiger partial charge on any atom is 0.532 e. The van der Waals surface area contributed by atoms with Gasteiger partial charge >= 0.3 is 14.2 Å². The lowest BCUT2D eigenvalue weighted by molar-refractivity contribution is -0.384. The molecule has 2 heterocycles. The maximum absolute atomic E-state index is 12.9. The molecule has 9 nitrogen and oxygen atoms in total. The van der Waals surface area contributed by atoms with E-state index in [1.54, 1.807) is 32.0 Å². The molecule has 1 aliphatic rings. The molecular weight excluding hydrogens is 490 g/mol. The van der Waals surface area contributed by atoms with E-state index in [0.29, 0.717) is 11.3 Å². The Morgan fingerprint density at radius 3 is 1.97 bits per heavy atom. The zero-order valence-corrected chi connectivity index (χ0v) is 21.0. The highest BCUT2D eigenvalue weighted by atomic mass is 28.4. The van der Waals surface area contributed by atoms with Crippen molar-refractivity contribution in [1.82, 2.24) is 0 Å². The van der Waals surface area contributed by atoms with Crippen LogP contribution in [0, 0.1) is 17.0 Å². The Balaban J connectivity index is 1.82. The second-order valence-electron chi connectivity index (χ2n) is 8.33. The number of fused-ring (bicyclic) bond motifs is 1. The summed E-state index contributed by atoms with van der Waals surface area (Å²) in [6, 6.07) is 26.3. The van der Waals surface area contributed by atoms with E-state index in [-0.39, 0.29) is 28.6 Å². The molecule has 4 aromatic rings. The molecular formula is C27H21N3O6Si. The predicted octanol–water partition coefficient (Wildman–Crippen LogP) is 3.69. The van der Waals surface area contributed by atoms with Gasteiger partial charge in [0.05, 0.1) is 10.6 Å². The third kappa shape index (κ3) is 4.57. The second kappa shape index (κ2) is 9.67. The summed E-state index contributed by atoms with van der Waals surface area (Å²) in [6.07, 6.45) is 0. The van der Waals surface area contributed by atoms with Gasteiger partial charge in [0.2, 0.25) is 5.90 Å². The van der Waals surface area contributed by atoms with Gasteiger partial charge in [-0.05, 0) is 26.0 Å². The van der Waals surface area contributed by atoms with E-state index >= 15 is 0 Å². The lowest BCUT2D eigenvalue weighted by Gasteiger charge is -2.32. The van der Waals surface area contributed by atoms with Crippen LogP contribution in [0.2, 0.25) is 0 Å². The molecule has 1 aliphatic heterocycles. The van der Waals surface area contributed by atoms with E-state index < -0.39 is 19.1 Å². The topological polar surface area (TPSA) is 117 Å². The van der Waals surface area contributed by atoms with E-state index in [4.69, 9.17) is 13.3 Å². The van der Waals surface area contributed by atoms with E-state index in [1.807, 2.05) is 60.7 Å². The average Bonchev–Trinajstić information content (AvgIpc) is 2.97. The molecule has 3 aromatic carbocycles. The molecule has 0 radical (unpaired) electrons. The molecule has 0 bridgehead atoms. The molecule has 0 saturated heterocycles. The van der Waals surface area contributed by atoms with Crippen LogP contribution >= 0.6 is 0 Å². The summed E-state index contributed by atoms with van der Waals surface area (Å²) in [6.45, 7) is 3.29. The molecule has 10 heteroatoms. The van der Waals surface area contributed by atoms with Crippen LogP contribution in [0.3, 0.4) is 0 Å². The number of benzene rings is 3. The normalized spacial score (nSPS) is 17.2. The number of hydrogen-bond donors (Lipinski definition) is 0. The smallest absolute Gasteiger partial charge is 0.505 e. The highest BCUT2D eigenvalue weighted by molar-refractivity contribution is 6.94. The van der Waals surface area contributed by atoms with Crippen LogP contribution in [0.4, 0.5) is 5.69 Å². The number of nitro benzene ring substituents is 1. The Bertz CT molecular complexity index is 1540. The molecule has 5 rings (SSSR count). The monoisotopic (exact) mass is 511 g/mol. The van der Waals surface area contributed by atoms with Gasteiger partial charge in [-0.1, -0.05) is 60.7 Å². The molecule has 0 amide bonds. The number of nitrogens with zero attached hydrogens (tertiary/aromatic N) is 3. The summed E-state index contributed by atoms with van der Waals surface area (Å²) in [5, 5.41) is 21.4. The molecule has 0 spiro atoms. The zero-order valence-electron chi connectivity index (χ0n) is 20.0. The van der Waals surface area contributed by atoms with E-state index in [1.165, 1.54) is 12.1 Å². The number of non-ortho nitro benzene ring substituents is 1. The minimum absolute atomic E-state index is 0.0709. The molecule has 37 heavy (non-hydrogen) atoms. The van der Waals surface area contributed by atoms with Crippen LogP contribution in [0.25, 0.3) is 0 Å². The first-order valence-corrected chi connectivity index (χ1v) is 13.2. The zero-order chi connectivity index (χ0) is 26.0. The van der Waals surface area contributed by atoms with Crippen molar-refractivity contribution in [1.29, 1.82) is 0 Å². The molecule has 1 aromatic heterocycles. The van der Waals surface area contributed by atoms with Gasteiger partial charge in [-0.3, -0.25) is 10.1 Å². The van der Waals surface area contributed by atoms with Gasteiger partial charge in [0.25, 0.3) is 5.69 Å². The van der Waals surface area contributed by atoms with Crippen molar-refractivity contribution >= 4 is 36.2 Å². The summed E-state index contributed by atoms with van der Waals surface area (Å²) in [5.74, 6) is 0.744. The molecule has 0 saturated carbocycles. The van der Waals surface area contributed by atoms with Crippen LogP contribution < -0.4 is 20.4 Å². The van der Waals surface area contributed by atoms with Gasteiger partial charge < -0.3 is 13.3 Å². The number of nitro groups is 1. The number of rotatable bonds is 4. The summed E-state index contributed by atoms with van der Waals surface area (Å²) >= 11 is 0. The maximum atomic E-state index is 12.9. The van der Waals surface area contributed by atoms with Crippen molar-refractivity contribution in [2.24, 2.45) is 10.2 Å². The number of aryl methyl sites for hydroxylation is 1. The van der Waals surface area contributed by atoms with Crippen LogP contribution in [0.1, 0.15) is 23.8 Å². The van der Waals surface area contributed by atoms with Gasteiger partial charge in [-0.2, -0.15) is 5.10 Å². The fraction of sp³-hybridized carbons (Fsp3) is 0.0741. The van der Waals surface area contributed by atoms with Crippen LogP contribution in [-0.2, 0) is 4.43 Å². The molecule has 0 unspecified atom stereocenters. The van der Waals surface area contributed by atoms with Gasteiger partial charge in [-0.25, -0.2) is 4.79 Å². The lowest BCUT2D eigenvalue weighted by atomic mass is 10.2. The SMILES string of the molecule is C/C1=N/N=C(/c2ccc([N+](=O)[O-])cc2)O[Si](c2ccccc2)(c2ccccc2)Oc2cc(C)oc(=O)c21. The van der Waals surface area contributed by atoms with Crippen molar-refractivity contribution < 1.29 is 18.2 Å². The molecule has 0 N–H and O–H groups in total. The Morgan fingerprint density at radius 2 is 1.41 bits per heavy atom. The van der Waals surface area contributed by atoms with Gasteiger partial charge in [0, 0.05) is 34.1 Å². The van der Waals surface area contributed by atoms with Gasteiger partial charge in [0.15, 0.2) is 0 Å². The third-order valence-electron chi connectivity index (χ3n) is 5.82. The summed E-state index contributed by atoms with van der Waals surface area (Å²) in [5.41, 5.74) is 0.209. The summed E-state index contributed by atoms with van der Waals surface area (Å²) in [7, 11) is -3.68. The van der Waals surface area contributed by atoms with Crippen molar-refractivity contribution in [2.75, 3.05) is 0 Å². The second-order valence-corrected chi connectivity index (χ2v) is 11.1. The van der Waals surface area contributed by atoms with Gasteiger partial charge in [0.1, 0.15) is 17.1 Å². The number of hydrogen-bond acceptors (Lipinski definition) is 8. The van der Waals surface area contributed by atoms with Crippen LogP contribution in [-0.4, -0.2) is 25.1 Å².